The Morgan fingerprint density at radius 2 is 1.85 bits per heavy atom. The third kappa shape index (κ3) is 7.11. The summed E-state index contributed by atoms with van der Waals surface area (Å²) in [6.07, 6.45) is 1.57. The van der Waals surface area contributed by atoms with E-state index >= 15 is 0 Å². The lowest BCUT2D eigenvalue weighted by molar-refractivity contribution is -0.127. The quantitative estimate of drug-likeness (QED) is 0.225. The van der Waals surface area contributed by atoms with Crippen LogP contribution in [-0.4, -0.2) is 42.2 Å². The van der Waals surface area contributed by atoms with E-state index in [1.165, 1.54) is 7.11 Å². The van der Waals surface area contributed by atoms with Crippen LogP contribution in [0.25, 0.3) is 6.08 Å². The van der Waals surface area contributed by atoms with E-state index in [1.807, 2.05) is 6.92 Å². The number of imide groups is 1. The first-order valence-electron chi connectivity index (χ1n) is 11.9. The number of ether oxygens (including phenoxy) is 3. The molecule has 1 saturated heterocycles. The fourth-order valence-electron chi connectivity index (χ4n) is 3.73. The third-order valence-electron chi connectivity index (χ3n) is 5.57. The molecule has 0 unspecified atom stereocenters. The zero-order chi connectivity index (χ0) is 28.8. The van der Waals surface area contributed by atoms with Crippen molar-refractivity contribution in [2.75, 3.05) is 25.6 Å². The first-order chi connectivity index (χ1) is 19.2. The zero-order valence-corrected chi connectivity index (χ0v) is 25.2. The van der Waals surface area contributed by atoms with Crippen LogP contribution in [-0.2, 0) is 16.2 Å². The number of carbonyl (C=O) groups excluding carboxylic acids is 3. The first-order valence-corrected chi connectivity index (χ1v) is 14.3. The lowest BCUT2D eigenvalue weighted by Gasteiger charge is -2.15. The predicted molar refractivity (Wildman–Crippen MR) is 160 cm³/mol. The SMILES string of the molecule is CCOc1cc(/C=C2\SC(=O)N(CC(=O)Nc3ccccc3OC)C2=O)cc(Br)c1OCc1ccc(Cl)cc1Cl. The van der Waals surface area contributed by atoms with Crippen molar-refractivity contribution < 1.29 is 28.6 Å². The van der Waals surface area contributed by atoms with E-state index in [0.717, 1.165) is 22.2 Å². The van der Waals surface area contributed by atoms with Crippen LogP contribution < -0.4 is 19.5 Å². The molecule has 1 N–H and O–H groups in total. The van der Waals surface area contributed by atoms with Crippen molar-refractivity contribution >= 4 is 79.7 Å². The molecular formula is C28H23BrCl2N2O6S. The molecule has 1 heterocycles. The van der Waals surface area contributed by atoms with Crippen molar-refractivity contribution in [1.29, 1.82) is 0 Å². The zero-order valence-electron chi connectivity index (χ0n) is 21.3. The normalized spacial score (nSPS) is 14.0. The van der Waals surface area contributed by atoms with Gasteiger partial charge in [0.2, 0.25) is 5.91 Å². The lowest BCUT2D eigenvalue weighted by Crippen LogP contribution is -2.36. The molecule has 0 radical (unpaired) electrons. The number of carbonyl (C=O) groups is 3. The van der Waals surface area contributed by atoms with Crippen LogP contribution in [0.15, 0.2) is 64.0 Å². The van der Waals surface area contributed by atoms with Crippen molar-refractivity contribution in [3.05, 3.63) is 85.1 Å². The summed E-state index contributed by atoms with van der Waals surface area (Å²) in [5.41, 5.74) is 1.77. The van der Waals surface area contributed by atoms with Crippen LogP contribution in [0.1, 0.15) is 18.1 Å². The van der Waals surface area contributed by atoms with Gasteiger partial charge in [0.15, 0.2) is 11.5 Å². The van der Waals surface area contributed by atoms with Gasteiger partial charge in [0.25, 0.3) is 11.1 Å². The number of rotatable bonds is 10. The Labute approximate surface area is 253 Å². The van der Waals surface area contributed by atoms with E-state index < -0.39 is 23.6 Å². The van der Waals surface area contributed by atoms with Gasteiger partial charge in [-0.15, -0.1) is 0 Å². The molecule has 0 saturated carbocycles. The van der Waals surface area contributed by atoms with Crippen LogP contribution in [0.3, 0.4) is 0 Å². The highest BCUT2D eigenvalue weighted by atomic mass is 79.9. The predicted octanol–water partition coefficient (Wildman–Crippen LogP) is 7.42. The minimum atomic E-state index is -0.572. The molecule has 1 aliphatic rings. The Hall–Kier alpha value is -3.18. The van der Waals surface area contributed by atoms with Gasteiger partial charge in [-0.25, -0.2) is 0 Å². The van der Waals surface area contributed by atoms with Crippen LogP contribution in [0.4, 0.5) is 10.5 Å². The van der Waals surface area contributed by atoms with Crippen molar-refractivity contribution in [3.8, 4) is 17.2 Å². The monoisotopic (exact) mass is 664 g/mol. The Balaban J connectivity index is 1.50. The lowest BCUT2D eigenvalue weighted by atomic mass is 10.1. The van der Waals surface area contributed by atoms with E-state index in [0.29, 0.717) is 49.6 Å². The fraction of sp³-hybridized carbons (Fsp3) is 0.179. The number of nitrogens with one attached hydrogen (secondary N) is 1. The second kappa shape index (κ2) is 13.5. The number of hydrogen-bond donors (Lipinski definition) is 1. The molecule has 0 aromatic heterocycles. The summed E-state index contributed by atoms with van der Waals surface area (Å²) < 4.78 is 17.6. The first kappa shape index (κ1) is 29.8. The summed E-state index contributed by atoms with van der Waals surface area (Å²) in [5, 5.41) is 3.12. The average molecular weight is 666 g/mol. The van der Waals surface area contributed by atoms with Crippen LogP contribution in [0, 0.1) is 0 Å². The number of anilines is 1. The van der Waals surface area contributed by atoms with Gasteiger partial charge >= 0.3 is 0 Å². The van der Waals surface area contributed by atoms with Crippen molar-refractivity contribution in [2.45, 2.75) is 13.5 Å². The highest BCUT2D eigenvalue weighted by molar-refractivity contribution is 9.10. The second-order valence-corrected chi connectivity index (χ2v) is 11.0. The maximum atomic E-state index is 13.0. The van der Waals surface area contributed by atoms with Gasteiger partial charge < -0.3 is 19.5 Å². The second-order valence-electron chi connectivity index (χ2n) is 8.30. The van der Waals surface area contributed by atoms with Crippen LogP contribution >= 0.6 is 50.9 Å². The number of halogens is 3. The number of nitrogens with zero attached hydrogens (tertiary/aromatic N) is 1. The number of amides is 3. The van der Waals surface area contributed by atoms with E-state index in [4.69, 9.17) is 37.4 Å². The highest BCUT2D eigenvalue weighted by Crippen LogP contribution is 2.40. The van der Waals surface area contributed by atoms with Gasteiger partial charge in [0.1, 0.15) is 18.9 Å². The Bertz CT molecular complexity index is 1500. The number of benzene rings is 3. The molecule has 12 heteroatoms. The Morgan fingerprint density at radius 1 is 1.07 bits per heavy atom. The van der Waals surface area contributed by atoms with E-state index in [1.54, 1.807) is 60.7 Å². The molecule has 3 amide bonds. The van der Waals surface area contributed by atoms with Gasteiger partial charge in [0, 0.05) is 15.6 Å². The van der Waals surface area contributed by atoms with Gasteiger partial charge in [-0.3, -0.25) is 19.3 Å². The van der Waals surface area contributed by atoms with Crippen molar-refractivity contribution in [3.63, 3.8) is 0 Å². The molecule has 0 bridgehead atoms. The highest BCUT2D eigenvalue weighted by Gasteiger charge is 2.36. The van der Waals surface area contributed by atoms with Gasteiger partial charge in [0.05, 0.1) is 28.8 Å². The maximum Gasteiger partial charge on any atom is 0.294 e. The molecule has 0 atom stereocenters. The summed E-state index contributed by atoms with van der Waals surface area (Å²) in [5.74, 6) is 0.243. The van der Waals surface area contributed by atoms with E-state index in [-0.39, 0.29) is 11.5 Å². The number of hydrogen-bond acceptors (Lipinski definition) is 7. The van der Waals surface area contributed by atoms with Crippen molar-refractivity contribution in [1.82, 2.24) is 4.90 Å². The summed E-state index contributed by atoms with van der Waals surface area (Å²) in [7, 11) is 1.48. The molecule has 1 fully saturated rings. The molecule has 208 valence electrons. The smallest absolute Gasteiger partial charge is 0.294 e. The summed E-state index contributed by atoms with van der Waals surface area (Å²) in [6, 6.07) is 15.4. The largest absolute Gasteiger partial charge is 0.495 e. The number of methoxy groups -OCH3 is 1. The minimum absolute atomic E-state index is 0.170. The van der Waals surface area contributed by atoms with E-state index in [2.05, 4.69) is 21.2 Å². The average Bonchev–Trinajstić information content (AvgIpc) is 3.16. The molecular weight excluding hydrogens is 643 g/mol. The van der Waals surface area contributed by atoms with Gasteiger partial charge in [-0.1, -0.05) is 41.4 Å². The number of thioether (sulfide) groups is 1. The Morgan fingerprint density at radius 3 is 2.58 bits per heavy atom. The molecule has 0 aliphatic carbocycles. The van der Waals surface area contributed by atoms with Gasteiger partial charge in [-0.05, 0) is 82.7 Å². The summed E-state index contributed by atoms with van der Waals surface area (Å²) in [6.45, 7) is 1.94. The Kier molecular flexibility index (Phi) is 10.0. The molecule has 1 aliphatic heterocycles. The molecule has 3 aromatic carbocycles. The topological polar surface area (TPSA) is 94.2 Å². The number of para-hydroxylation sites is 2. The molecule has 3 aromatic rings. The standard InChI is InChI=1S/C28H23BrCl2N2O6S/c1-3-38-23-11-16(10-19(29)26(23)39-15-17-8-9-18(30)13-20(17)31)12-24-27(35)33(28(36)40-24)14-25(34)32-21-6-4-5-7-22(21)37-2/h4-13H,3,14-15H2,1-2H3,(H,32,34)/b24-12-. The fourth-order valence-corrected chi connectivity index (χ4v) is 5.61. The third-order valence-corrected chi connectivity index (χ3v) is 7.66. The van der Waals surface area contributed by atoms with Gasteiger partial charge in [-0.2, -0.15) is 0 Å². The molecule has 4 rings (SSSR count). The summed E-state index contributed by atoms with van der Waals surface area (Å²) >= 11 is 16.5. The van der Waals surface area contributed by atoms with E-state index in [9.17, 15) is 14.4 Å². The van der Waals surface area contributed by atoms with Crippen LogP contribution in [0.5, 0.6) is 17.2 Å². The van der Waals surface area contributed by atoms with Crippen molar-refractivity contribution in [2.24, 2.45) is 0 Å². The summed E-state index contributed by atoms with van der Waals surface area (Å²) in [4.78, 5) is 39.3. The minimum Gasteiger partial charge on any atom is -0.495 e. The molecule has 0 spiro atoms. The van der Waals surface area contributed by atoms with Crippen LogP contribution in [0.2, 0.25) is 10.0 Å². The molecule has 40 heavy (non-hydrogen) atoms. The maximum absolute atomic E-state index is 13.0. The molecule has 8 nitrogen and oxygen atoms in total.